The van der Waals surface area contributed by atoms with Crippen LogP contribution in [0.3, 0.4) is 0 Å². The van der Waals surface area contributed by atoms with Crippen molar-refractivity contribution < 1.29 is 4.79 Å². The van der Waals surface area contributed by atoms with E-state index >= 15 is 0 Å². The number of rotatable bonds is 3. The van der Waals surface area contributed by atoms with Crippen LogP contribution >= 0.6 is 11.3 Å². The van der Waals surface area contributed by atoms with Crippen LogP contribution in [-0.2, 0) is 6.42 Å². The summed E-state index contributed by atoms with van der Waals surface area (Å²) in [6.45, 7) is 3.81. The fraction of sp³-hybridized carbons (Fsp3) is 0.412. The quantitative estimate of drug-likeness (QED) is 0.868. The van der Waals surface area contributed by atoms with E-state index in [-0.39, 0.29) is 5.91 Å². The molecular weight excluding hydrogens is 280 g/mol. The molecule has 0 atom stereocenters. The molecule has 2 aromatic heterocycles. The molecule has 110 valence electrons. The molecule has 2 aromatic rings. The van der Waals surface area contributed by atoms with Gasteiger partial charge in [-0.3, -0.25) is 9.78 Å². The second-order valence-corrected chi connectivity index (χ2v) is 6.99. The first-order valence-electron chi connectivity index (χ1n) is 7.47. The molecule has 1 saturated heterocycles. The topological polar surface area (TPSA) is 33.2 Å². The van der Waals surface area contributed by atoms with Crippen LogP contribution < -0.4 is 0 Å². The lowest BCUT2D eigenvalue weighted by Gasteiger charge is -2.31. The summed E-state index contributed by atoms with van der Waals surface area (Å²) in [4.78, 5) is 20.5. The van der Waals surface area contributed by atoms with Gasteiger partial charge in [0.1, 0.15) is 0 Å². The van der Waals surface area contributed by atoms with Crippen LogP contribution in [0.2, 0.25) is 0 Å². The zero-order valence-corrected chi connectivity index (χ0v) is 13.1. The van der Waals surface area contributed by atoms with Crippen LogP contribution in [0.15, 0.2) is 36.7 Å². The summed E-state index contributed by atoms with van der Waals surface area (Å²) < 4.78 is 0. The van der Waals surface area contributed by atoms with Gasteiger partial charge in [-0.05, 0) is 61.9 Å². The molecule has 0 spiro atoms. The zero-order valence-electron chi connectivity index (χ0n) is 12.3. The van der Waals surface area contributed by atoms with Crippen molar-refractivity contribution in [1.29, 1.82) is 0 Å². The molecule has 3 rings (SSSR count). The summed E-state index contributed by atoms with van der Waals surface area (Å²) in [6, 6.07) is 8.15. The highest BCUT2D eigenvalue weighted by Crippen LogP contribution is 2.24. The van der Waals surface area contributed by atoms with E-state index in [1.54, 1.807) is 11.3 Å². The standard InChI is InChI=1S/C17H20N2OS/c1-13-2-3-16(21-13)17(20)19-10-6-15(7-11-19)12-14-4-8-18-9-5-14/h2-5,8-9,15H,6-7,10-12H2,1H3. The Hall–Kier alpha value is -1.68. The minimum Gasteiger partial charge on any atom is -0.338 e. The third-order valence-corrected chi connectivity index (χ3v) is 5.12. The third kappa shape index (κ3) is 3.50. The zero-order chi connectivity index (χ0) is 14.7. The van der Waals surface area contributed by atoms with Crippen LogP contribution in [0, 0.1) is 12.8 Å². The average molecular weight is 300 g/mol. The number of likely N-dealkylation sites (tertiary alicyclic amines) is 1. The van der Waals surface area contributed by atoms with Gasteiger partial charge in [-0.1, -0.05) is 0 Å². The molecule has 0 saturated carbocycles. The lowest BCUT2D eigenvalue weighted by molar-refractivity contribution is 0.0695. The van der Waals surface area contributed by atoms with Crippen molar-refractivity contribution in [2.24, 2.45) is 5.92 Å². The van der Waals surface area contributed by atoms with Crippen molar-refractivity contribution in [3.63, 3.8) is 0 Å². The normalized spacial score (nSPS) is 16.1. The number of amides is 1. The number of thiophene rings is 1. The van der Waals surface area contributed by atoms with Crippen LogP contribution in [-0.4, -0.2) is 28.9 Å². The van der Waals surface area contributed by atoms with Gasteiger partial charge in [-0.15, -0.1) is 11.3 Å². The van der Waals surface area contributed by atoms with E-state index in [2.05, 4.69) is 17.1 Å². The number of hydrogen-bond acceptors (Lipinski definition) is 3. The van der Waals surface area contributed by atoms with E-state index in [0.29, 0.717) is 5.92 Å². The summed E-state index contributed by atoms with van der Waals surface area (Å²) in [7, 11) is 0. The van der Waals surface area contributed by atoms with Crippen LogP contribution in [0.5, 0.6) is 0 Å². The molecule has 3 nitrogen and oxygen atoms in total. The molecule has 21 heavy (non-hydrogen) atoms. The maximum atomic E-state index is 12.4. The number of aryl methyl sites for hydroxylation is 1. The van der Waals surface area contributed by atoms with Gasteiger partial charge in [0.05, 0.1) is 4.88 Å². The molecular formula is C17H20N2OS. The smallest absolute Gasteiger partial charge is 0.263 e. The second-order valence-electron chi connectivity index (χ2n) is 5.71. The molecule has 1 aliphatic rings. The van der Waals surface area contributed by atoms with Crippen molar-refractivity contribution in [2.75, 3.05) is 13.1 Å². The van der Waals surface area contributed by atoms with Crippen LogP contribution in [0.25, 0.3) is 0 Å². The number of hydrogen-bond donors (Lipinski definition) is 0. The molecule has 0 radical (unpaired) electrons. The third-order valence-electron chi connectivity index (χ3n) is 4.13. The van der Waals surface area contributed by atoms with Gasteiger partial charge in [0, 0.05) is 30.4 Å². The van der Waals surface area contributed by atoms with Gasteiger partial charge < -0.3 is 4.90 Å². The van der Waals surface area contributed by atoms with E-state index < -0.39 is 0 Å². The highest BCUT2D eigenvalue weighted by atomic mass is 32.1. The van der Waals surface area contributed by atoms with Crippen molar-refractivity contribution >= 4 is 17.2 Å². The molecule has 4 heteroatoms. The fourth-order valence-electron chi connectivity index (χ4n) is 2.90. The summed E-state index contributed by atoms with van der Waals surface area (Å²) in [5.74, 6) is 0.886. The van der Waals surface area contributed by atoms with Crippen molar-refractivity contribution in [2.45, 2.75) is 26.2 Å². The predicted octanol–water partition coefficient (Wildman–Crippen LogP) is 3.55. The number of nitrogens with zero attached hydrogens (tertiary/aromatic N) is 2. The van der Waals surface area contributed by atoms with E-state index in [9.17, 15) is 4.79 Å². The Balaban J connectivity index is 1.54. The highest BCUT2D eigenvalue weighted by molar-refractivity contribution is 7.13. The molecule has 0 aromatic carbocycles. The molecule has 0 unspecified atom stereocenters. The van der Waals surface area contributed by atoms with Crippen molar-refractivity contribution in [1.82, 2.24) is 9.88 Å². The molecule has 0 bridgehead atoms. The maximum Gasteiger partial charge on any atom is 0.263 e. The van der Waals surface area contributed by atoms with Gasteiger partial charge in [-0.25, -0.2) is 0 Å². The molecule has 0 N–H and O–H groups in total. The number of aromatic nitrogens is 1. The highest BCUT2D eigenvalue weighted by Gasteiger charge is 2.24. The minimum absolute atomic E-state index is 0.204. The fourth-order valence-corrected chi connectivity index (χ4v) is 3.73. The van der Waals surface area contributed by atoms with Gasteiger partial charge >= 0.3 is 0 Å². The first-order chi connectivity index (χ1) is 10.2. The van der Waals surface area contributed by atoms with E-state index in [0.717, 1.165) is 37.2 Å². The number of piperidine rings is 1. The molecule has 1 fully saturated rings. The maximum absolute atomic E-state index is 12.4. The summed E-state index contributed by atoms with van der Waals surface area (Å²) in [5, 5.41) is 0. The average Bonchev–Trinajstić information content (AvgIpc) is 2.95. The number of carbonyl (C=O) groups excluding carboxylic acids is 1. The first-order valence-corrected chi connectivity index (χ1v) is 8.28. The molecule has 1 amide bonds. The van der Waals surface area contributed by atoms with Crippen LogP contribution in [0.4, 0.5) is 0 Å². The summed E-state index contributed by atoms with van der Waals surface area (Å²) >= 11 is 1.59. The summed E-state index contributed by atoms with van der Waals surface area (Å²) in [5.41, 5.74) is 1.35. The van der Waals surface area contributed by atoms with Gasteiger partial charge in [0.15, 0.2) is 0 Å². The van der Waals surface area contributed by atoms with Crippen LogP contribution in [0.1, 0.15) is 33.0 Å². The van der Waals surface area contributed by atoms with Crippen molar-refractivity contribution in [3.05, 3.63) is 52.0 Å². The Labute approximate surface area is 129 Å². The molecule has 1 aliphatic heterocycles. The number of carbonyl (C=O) groups is 1. The monoisotopic (exact) mass is 300 g/mol. The largest absolute Gasteiger partial charge is 0.338 e. The second kappa shape index (κ2) is 6.39. The Morgan fingerprint density at radius 2 is 1.95 bits per heavy atom. The Morgan fingerprint density at radius 1 is 1.24 bits per heavy atom. The SMILES string of the molecule is Cc1ccc(C(=O)N2CCC(Cc3ccncc3)CC2)s1. The minimum atomic E-state index is 0.204. The molecule has 0 aliphatic carbocycles. The van der Waals surface area contributed by atoms with E-state index in [1.807, 2.05) is 36.4 Å². The van der Waals surface area contributed by atoms with Gasteiger partial charge in [-0.2, -0.15) is 0 Å². The van der Waals surface area contributed by atoms with E-state index in [4.69, 9.17) is 0 Å². The Bertz CT molecular complexity index is 600. The lowest BCUT2D eigenvalue weighted by atomic mass is 9.90. The van der Waals surface area contributed by atoms with Gasteiger partial charge in [0.25, 0.3) is 5.91 Å². The van der Waals surface area contributed by atoms with Crippen molar-refractivity contribution in [3.8, 4) is 0 Å². The molecule has 3 heterocycles. The van der Waals surface area contributed by atoms with Gasteiger partial charge in [0.2, 0.25) is 0 Å². The Morgan fingerprint density at radius 3 is 2.57 bits per heavy atom. The van der Waals surface area contributed by atoms with E-state index in [1.165, 1.54) is 10.4 Å². The Kier molecular flexibility index (Phi) is 4.34. The first kappa shape index (κ1) is 14.3. The lowest BCUT2D eigenvalue weighted by Crippen LogP contribution is -2.38. The number of pyridine rings is 1. The predicted molar refractivity (Wildman–Crippen MR) is 85.6 cm³/mol. The summed E-state index contributed by atoms with van der Waals surface area (Å²) in [6.07, 6.45) is 7.00.